The number of amides is 2. The summed E-state index contributed by atoms with van der Waals surface area (Å²) in [6.45, 7) is 3.43. The summed E-state index contributed by atoms with van der Waals surface area (Å²) in [6, 6.07) is 1.19. The zero-order valence-corrected chi connectivity index (χ0v) is 9.10. The number of carboxylic acid groups (broad SMARTS) is 1. The predicted molar refractivity (Wildman–Crippen MR) is 57.3 cm³/mol. The highest BCUT2D eigenvalue weighted by Crippen LogP contribution is 2.12. The summed E-state index contributed by atoms with van der Waals surface area (Å²) in [5.41, 5.74) is 0. The van der Waals surface area contributed by atoms with Crippen LogP contribution < -0.4 is 10.6 Å². The lowest BCUT2D eigenvalue weighted by Gasteiger charge is -2.11. The van der Waals surface area contributed by atoms with Crippen molar-refractivity contribution in [1.29, 1.82) is 0 Å². The van der Waals surface area contributed by atoms with Gasteiger partial charge in [0.1, 0.15) is 12.4 Å². The third kappa shape index (κ3) is 3.26. The molecule has 0 aromatic carbocycles. The van der Waals surface area contributed by atoms with E-state index in [0.29, 0.717) is 5.82 Å². The predicted octanol–water partition coefficient (Wildman–Crippen LogP) is 0.670. The van der Waals surface area contributed by atoms with Crippen molar-refractivity contribution in [2.75, 3.05) is 11.9 Å². The van der Waals surface area contributed by atoms with Gasteiger partial charge in [-0.25, -0.2) is 9.48 Å². The highest BCUT2D eigenvalue weighted by molar-refractivity contribution is 5.90. The van der Waals surface area contributed by atoms with Crippen LogP contribution in [0, 0.1) is 0 Å². The Morgan fingerprint density at radius 1 is 1.56 bits per heavy atom. The molecule has 88 valence electrons. The molecule has 0 bridgehead atoms. The maximum Gasteiger partial charge on any atom is 0.323 e. The van der Waals surface area contributed by atoms with Gasteiger partial charge in [-0.3, -0.25) is 10.1 Å². The number of anilines is 1. The van der Waals surface area contributed by atoms with Gasteiger partial charge < -0.3 is 10.4 Å². The molecule has 2 amide bonds. The second-order valence-corrected chi connectivity index (χ2v) is 3.46. The number of nitrogens with zero attached hydrogens (tertiary/aromatic N) is 2. The number of carboxylic acids is 1. The van der Waals surface area contributed by atoms with Crippen molar-refractivity contribution in [2.24, 2.45) is 0 Å². The third-order valence-corrected chi connectivity index (χ3v) is 1.80. The van der Waals surface area contributed by atoms with Gasteiger partial charge in [0.05, 0.1) is 6.20 Å². The fourth-order valence-electron chi connectivity index (χ4n) is 1.14. The minimum Gasteiger partial charge on any atom is -0.480 e. The normalized spacial score (nSPS) is 10.2. The molecule has 0 saturated carbocycles. The van der Waals surface area contributed by atoms with Gasteiger partial charge in [-0.1, -0.05) is 0 Å². The smallest absolute Gasteiger partial charge is 0.323 e. The summed E-state index contributed by atoms with van der Waals surface area (Å²) < 4.78 is 1.63. The quantitative estimate of drug-likeness (QED) is 0.703. The number of carbonyl (C=O) groups is 2. The van der Waals surface area contributed by atoms with Crippen LogP contribution in [0.4, 0.5) is 10.6 Å². The Balaban J connectivity index is 2.56. The lowest BCUT2D eigenvalue weighted by Crippen LogP contribution is -2.33. The molecule has 1 aromatic rings. The van der Waals surface area contributed by atoms with Crippen LogP contribution in [0.5, 0.6) is 0 Å². The number of nitrogens with one attached hydrogen (secondary N) is 2. The first kappa shape index (κ1) is 12.0. The Hall–Kier alpha value is -2.05. The molecule has 0 aliphatic heterocycles. The summed E-state index contributed by atoms with van der Waals surface area (Å²) in [5, 5.41) is 17.1. The molecule has 1 heterocycles. The molecular formula is C9H14N4O3. The van der Waals surface area contributed by atoms with Gasteiger partial charge in [-0.2, -0.15) is 5.10 Å². The van der Waals surface area contributed by atoms with Gasteiger partial charge in [0.2, 0.25) is 0 Å². The van der Waals surface area contributed by atoms with E-state index in [9.17, 15) is 9.59 Å². The largest absolute Gasteiger partial charge is 0.480 e. The van der Waals surface area contributed by atoms with Gasteiger partial charge in [-0.05, 0) is 13.8 Å². The van der Waals surface area contributed by atoms with E-state index in [2.05, 4.69) is 15.7 Å². The minimum absolute atomic E-state index is 0.116. The highest BCUT2D eigenvalue weighted by Gasteiger charge is 2.09. The summed E-state index contributed by atoms with van der Waals surface area (Å²) >= 11 is 0. The van der Waals surface area contributed by atoms with Crippen LogP contribution in [0.1, 0.15) is 19.9 Å². The third-order valence-electron chi connectivity index (χ3n) is 1.80. The number of rotatable bonds is 4. The lowest BCUT2D eigenvalue weighted by atomic mass is 10.4. The first-order valence-corrected chi connectivity index (χ1v) is 4.81. The Kier molecular flexibility index (Phi) is 3.87. The maximum atomic E-state index is 11.3. The van der Waals surface area contributed by atoms with Crippen molar-refractivity contribution in [1.82, 2.24) is 15.1 Å². The topological polar surface area (TPSA) is 96.3 Å². The van der Waals surface area contributed by atoms with Gasteiger partial charge in [0.15, 0.2) is 0 Å². The van der Waals surface area contributed by atoms with Crippen LogP contribution in [0.3, 0.4) is 0 Å². The average Bonchev–Trinajstić information content (AvgIpc) is 2.62. The van der Waals surface area contributed by atoms with E-state index >= 15 is 0 Å². The molecule has 0 radical (unpaired) electrons. The molecular weight excluding hydrogens is 212 g/mol. The molecule has 0 atom stereocenters. The van der Waals surface area contributed by atoms with E-state index in [-0.39, 0.29) is 6.04 Å². The monoisotopic (exact) mass is 226 g/mol. The number of hydrogen-bond acceptors (Lipinski definition) is 3. The van der Waals surface area contributed by atoms with Crippen LogP contribution in [0.2, 0.25) is 0 Å². The van der Waals surface area contributed by atoms with Crippen molar-refractivity contribution >= 4 is 17.8 Å². The maximum absolute atomic E-state index is 11.3. The molecule has 3 N–H and O–H groups in total. The molecule has 0 fully saturated rings. The molecule has 0 spiro atoms. The Bertz CT molecular complexity index is 386. The van der Waals surface area contributed by atoms with Gasteiger partial charge in [0.25, 0.3) is 0 Å². The summed E-state index contributed by atoms with van der Waals surface area (Å²) in [6.07, 6.45) is 1.56. The summed E-state index contributed by atoms with van der Waals surface area (Å²) in [5.74, 6) is -0.564. The van der Waals surface area contributed by atoms with E-state index in [1.165, 1.54) is 0 Å². The molecule has 0 saturated heterocycles. The first-order chi connectivity index (χ1) is 7.50. The Labute approximate surface area is 92.4 Å². The van der Waals surface area contributed by atoms with Crippen LogP contribution >= 0.6 is 0 Å². The summed E-state index contributed by atoms with van der Waals surface area (Å²) in [7, 11) is 0. The molecule has 16 heavy (non-hydrogen) atoms. The molecule has 0 unspecified atom stereocenters. The molecule has 1 aromatic heterocycles. The van der Waals surface area contributed by atoms with Crippen LogP contribution in [-0.2, 0) is 4.79 Å². The number of carbonyl (C=O) groups excluding carboxylic acids is 1. The van der Waals surface area contributed by atoms with Gasteiger partial charge >= 0.3 is 12.0 Å². The van der Waals surface area contributed by atoms with Crippen molar-refractivity contribution in [3.63, 3.8) is 0 Å². The van der Waals surface area contributed by atoms with Gasteiger partial charge in [-0.15, -0.1) is 0 Å². The van der Waals surface area contributed by atoms with Crippen molar-refractivity contribution in [3.05, 3.63) is 12.3 Å². The minimum atomic E-state index is -1.09. The van der Waals surface area contributed by atoms with E-state index in [1.54, 1.807) is 16.9 Å². The van der Waals surface area contributed by atoms with Crippen molar-refractivity contribution in [2.45, 2.75) is 19.9 Å². The Morgan fingerprint density at radius 3 is 2.81 bits per heavy atom. The molecule has 1 rings (SSSR count). The zero-order valence-electron chi connectivity index (χ0n) is 9.10. The van der Waals surface area contributed by atoms with Crippen LogP contribution in [0.15, 0.2) is 12.3 Å². The van der Waals surface area contributed by atoms with E-state index in [0.717, 1.165) is 0 Å². The zero-order chi connectivity index (χ0) is 12.1. The first-order valence-electron chi connectivity index (χ1n) is 4.81. The standard InChI is InChI=1S/C9H14N4O3/c1-6(2)13-7(3-4-11-13)12-9(16)10-5-8(14)15/h3-4,6H,5H2,1-2H3,(H,14,15)(H2,10,12,16). The summed E-state index contributed by atoms with van der Waals surface area (Å²) in [4.78, 5) is 21.5. The van der Waals surface area contributed by atoms with Crippen molar-refractivity contribution < 1.29 is 14.7 Å². The van der Waals surface area contributed by atoms with E-state index in [4.69, 9.17) is 5.11 Å². The number of urea groups is 1. The Morgan fingerprint density at radius 2 is 2.25 bits per heavy atom. The van der Waals surface area contributed by atoms with E-state index < -0.39 is 18.5 Å². The fraction of sp³-hybridized carbons (Fsp3) is 0.444. The van der Waals surface area contributed by atoms with Crippen LogP contribution in [0.25, 0.3) is 0 Å². The highest BCUT2D eigenvalue weighted by atomic mass is 16.4. The molecule has 0 aliphatic carbocycles. The molecule has 0 aliphatic rings. The molecule has 7 heteroatoms. The van der Waals surface area contributed by atoms with Crippen LogP contribution in [-0.4, -0.2) is 33.4 Å². The number of hydrogen-bond donors (Lipinski definition) is 3. The van der Waals surface area contributed by atoms with E-state index in [1.807, 2.05) is 13.8 Å². The lowest BCUT2D eigenvalue weighted by molar-refractivity contribution is -0.135. The number of aliphatic carboxylic acids is 1. The average molecular weight is 226 g/mol. The van der Waals surface area contributed by atoms with Gasteiger partial charge in [0, 0.05) is 12.1 Å². The fourth-order valence-corrected chi connectivity index (χ4v) is 1.14. The SMILES string of the molecule is CC(C)n1nccc1NC(=O)NCC(=O)O. The number of aromatic nitrogens is 2. The second-order valence-electron chi connectivity index (χ2n) is 3.46. The second kappa shape index (κ2) is 5.15. The van der Waals surface area contributed by atoms with Crippen molar-refractivity contribution in [3.8, 4) is 0 Å². The molecule has 7 nitrogen and oxygen atoms in total.